The zero-order chi connectivity index (χ0) is 13.4. The molecular formula is C16H16N2OS. The number of anilines is 1. The van der Waals surface area contributed by atoms with Crippen LogP contribution in [0.4, 0.5) is 5.69 Å². The predicted octanol–water partition coefficient (Wildman–Crippen LogP) is 4.35. The first-order chi connectivity index (χ1) is 9.92. The minimum absolute atomic E-state index is 0.492. The van der Waals surface area contributed by atoms with Crippen LogP contribution < -0.4 is 4.90 Å². The SMILES string of the molecule is C1=C(c2ccno2)SC(C2CCC2)N1c1ccccc1. The van der Waals surface area contributed by atoms with Gasteiger partial charge in [-0.15, -0.1) is 0 Å². The molecule has 0 saturated heterocycles. The summed E-state index contributed by atoms with van der Waals surface area (Å²) >= 11 is 1.91. The Balaban J connectivity index is 1.68. The van der Waals surface area contributed by atoms with Crippen molar-refractivity contribution in [3.8, 4) is 0 Å². The maximum Gasteiger partial charge on any atom is 0.174 e. The van der Waals surface area contributed by atoms with Gasteiger partial charge in [-0.2, -0.15) is 0 Å². The fraction of sp³-hybridized carbons (Fsp3) is 0.312. The highest BCUT2D eigenvalue weighted by molar-refractivity contribution is 8.09. The molecule has 1 atom stereocenters. The third kappa shape index (κ3) is 2.04. The zero-order valence-corrected chi connectivity index (χ0v) is 11.9. The molecule has 2 heterocycles. The number of rotatable bonds is 3. The normalized spacial score (nSPS) is 22.7. The molecule has 4 heteroatoms. The molecule has 0 radical (unpaired) electrons. The number of aromatic nitrogens is 1. The maximum absolute atomic E-state index is 5.32. The molecule has 1 aliphatic heterocycles. The van der Waals surface area contributed by atoms with Crippen molar-refractivity contribution in [3.63, 3.8) is 0 Å². The Morgan fingerprint density at radius 1 is 1.15 bits per heavy atom. The molecular weight excluding hydrogens is 268 g/mol. The van der Waals surface area contributed by atoms with E-state index in [2.05, 4.69) is 46.6 Å². The van der Waals surface area contributed by atoms with Crippen molar-refractivity contribution < 1.29 is 4.52 Å². The van der Waals surface area contributed by atoms with Gasteiger partial charge in [0.2, 0.25) is 0 Å². The summed E-state index contributed by atoms with van der Waals surface area (Å²) in [4.78, 5) is 3.58. The van der Waals surface area contributed by atoms with E-state index in [9.17, 15) is 0 Å². The summed E-state index contributed by atoms with van der Waals surface area (Å²) in [6, 6.07) is 12.5. The lowest BCUT2D eigenvalue weighted by molar-refractivity contribution is 0.309. The van der Waals surface area contributed by atoms with E-state index in [1.165, 1.54) is 29.9 Å². The van der Waals surface area contributed by atoms with Crippen molar-refractivity contribution >= 4 is 22.4 Å². The van der Waals surface area contributed by atoms with E-state index < -0.39 is 0 Å². The van der Waals surface area contributed by atoms with Gasteiger partial charge in [-0.1, -0.05) is 41.5 Å². The summed E-state index contributed by atoms with van der Waals surface area (Å²) in [5.74, 6) is 1.65. The molecule has 2 aliphatic rings. The zero-order valence-electron chi connectivity index (χ0n) is 11.1. The monoisotopic (exact) mass is 284 g/mol. The maximum atomic E-state index is 5.32. The fourth-order valence-electron chi connectivity index (χ4n) is 2.75. The second-order valence-corrected chi connectivity index (χ2v) is 6.47. The summed E-state index contributed by atoms with van der Waals surface area (Å²) in [7, 11) is 0. The topological polar surface area (TPSA) is 29.3 Å². The van der Waals surface area contributed by atoms with Crippen LogP contribution in [0, 0.1) is 5.92 Å². The Hall–Kier alpha value is -1.68. The van der Waals surface area contributed by atoms with Gasteiger partial charge in [-0.3, -0.25) is 0 Å². The highest BCUT2D eigenvalue weighted by Gasteiger charge is 2.37. The third-order valence-corrected chi connectivity index (χ3v) is 5.48. The number of benzene rings is 1. The molecule has 1 aliphatic carbocycles. The van der Waals surface area contributed by atoms with Crippen molar-refractivity contribution in [2.24, 2.45) is 5.92 Å². The minimum Gasteiger partial charge on any atom is -0.356 e. The molecule has 1 aromatic heterocycles. The van der Waals surface area contributed by atoms with Gasteiger partial charge >= 0.3 is 0 Å². The number of nitrogens with zero attached hydrogens (tertiary/aromatic N) is 2. The van der Waals surface area contributed by atoms with E-state index in [-0.39, 0.29) is 0 Å². The average Bonchev–Trinajstić information content (AvgIpc) is 3.06. The van der Waals surface area contributed by atoms with Gasteiger partial charge in [0.25, 0.3) is 0 Å². The summed E-state index contributed by atoms with van der Waals surface area (Å²) < 4.78 is 5.32. The molecule has 1 saturated carbocycles. The lowest BCUT2D eigenvalue weighted by Gasteiger charge is -2.36. The Morgan fingerprint density at radius 3 is 2.65 bits per heavy atom. The number of thioether (sulfide) groups is 1. The minimum atomic E-state index is 0.492. The van der Waals surface area contributed by atoms with Gasteiger partial charge in [-0.25, -0.2) is 0 Å². The van der Waals surface area contributed by atoms with Crippen LogP contribution in [-0.2, 0) is 0 Å². The van der Waals surface area contributed by atoms with Gasteiger partial charge in [0, 0.05) is 18.0 Å². The Bertz CT molecular complexity index is 605. The van der Waals surface area contributed by atoms with Crippen molar-refractivity contribution in [3.05, 3.63) is 54.6 Å². The first kappa shape index (κ1) is 12.1. The van der Waals surface area contributed by atoms with Gasteiger partial charge in [0.15, 0.2) is 5.76 Å². The smallest absolute Gasteiger partial charge is 0.174 e. The van der Waals surface area contributed by atoms with Crippen LogP contribution >= 0.6 is 11.8 Å². The predicted molar refractivity (Wildman–Crippen MR) is 82.1 cm³/mol. The molecule has 0 spiro atoms. The molecule has 0 bridgehead atoms. The van der Waals surface area contributed by atoms with Crippen molar-refractivity contribution in [1.29, 1.82) is 0 Å². The van der Waals surface area contributed by atoms with E-state index >= 15 is 0 Å². The van der Waals surface area contributed by atoms with E-state index in [1.54, 1.807) is 6.20 Å². The van der Waals surface area contributed by atoms with Crippen LogP contribution in [0.2, 0.25) is 0 Å². The number of hydrogen-bond acceptors (Lipinski definition) is 4. The van der Waals surface area contributed by atoms with Crippen LogP contribution in [0.25, 0.3) is 4.91 Å². The molecule has 0 amide bonds. The lowest BCUT2D eigenvalue weighted by Crippen LogP contribution is -2.35. The van der Waals surface area contributed by atoms with Gasteiger partial charge in [-0.05, 0) is 30.9 Å². The van der Waals surface area contributed by atoms with Crippen LogP contribution in [0.5, 0.6) is 0 Å². The molecule has 1 fully saturated rings. The molecule has 0 N–H and O–H groups in total. The highest BCUT2D eigenvalue weighted by atomic mass is 32.2. The number of para-hydroxylation sites is 1. The number of hydrogen-bond donors (Lipinski definition) is 0. The third-order valence-electron chi connectivity index (χ3n) is 4.07. The Labute approximate surface area is 122 Å². The van der Waals surface area contributed by atoms with Crippen LogP contribution in [0.15, 0.2) is 53.3 Å². The average molecular weight is 284 g/mol. The van der Waals surface area contributed by atoms with Gasteiger partial charge < -0.3 is 9.42 Å². The lowest BCUT2D eigenvalue weighted by atomic mass is 9.84. The molecule has 1 aromatic carbocycles. The van der Waals surface area contributed by atoms with E-state index in [4.69, 9.17) is 4.52 Å². The van der Waals surface area contributed by atoms with Crippen molar-refractivity contribution in [2.45, 2.75) is 24.6 Å². The Kier molecular flexibility index (Phi) is 3.03. The van der Waals surface area contributed by atoms with Crippen LogP contribution in [0.3, 0.4) is 0 Å². The molecule has 2 aromatic rings. The molecule has 4 rings (SSSR count). The van der Waals surface area contributed by atoms with E-state index in [0.717, 1.165) is 11.7 Å². The molecule has 3 nitrogen and oxygen atoms in total. The van der Waals surface area contributed by atoms with E-state index in [1.807, 2.05) is 17.8 Å². The van der Waals surface area contributed by atoms with Crippen molar-refractivity contribution in [2.75, 3.05) is 4.90 Å². The summed E-state index contributed by atoms with van der Waals surface area (Å²) in [6.07, 6.45) is 7.95. The summed E-state index contributed by atoms with van der Waals surface area (Å²) in [5.41, 5.74) is 1.26. The summed E-state index contributed by atoms with van der Waals surface area (Å²) in [6.45, 7) is 0. The highest BCUT2D eigenvalue weighted by Crippen LogP contribution is 2.49. The van der Waals surface area contributed by atoms with Gasteiger partial charge in [0.05, 0.1) is 16.5 Å². The van der Waals surface area contributed by atoms with E-state index in [0.29, 0.717) is 5.37 Å². The van der Waals surface area contributed by atoms with Crippen LogP contribution in [0.1, 0.15) is 25.0 Å². The Morgan fingerprint density at radius 2 is 2.00 bits per heavy atom. The molecule has 102 valence electrons. The molecule has 20 heavy (non-hydrogen) atoms. The standard InChI is InChI=1S/C16H16N2OS/c1-2-7-13(8-3-1)18-11-15(14-9-10-17-19-14)20-16(18)12-5-4-6-12/h1-3,7-12,16H,4-6H2. The first-order valence-corrected chi connectivity index (χ1v) is 7.93. The fourth-order valence-corrected chi connectivity index (χ4v) is 4.17. The summed E-state index contributed by atoms with van der Waals surface area (Å²) in [5, 5.41) is 4.31. The van der Waals surface area contributed by atoms with Crippen molar-refractivity contribution in [1.82, 2.24) is 5.16 Å². The van der Waals surface area contributed by atoms with Gasteiger partial charge in [0.1, 0.15) is 0 Å². The second-order valence-electron chi connectivity index (χ2n) is 5.31. The second kappa shape index (κ2) is 5.02. The first-order valence-electron chi connectivity index (χ1n) is 7.05. The quantitative estimate of drug-likeness (QED) is 0.838. The van der Waals surface area contributed by atoms with Crippen LogP contribution in [-0.4, -0.2) is 10.5 Å². The largest absolute Gasteiger partial charge is 0.356 e. The molecule has 1 unspecified atom stereocenters.